The number of carbonyl (C=O) groups excluding carboxylic acids is 1. The molecule has 2 unspecified atom stereocenters. The van der Waals surface area contributed by atoms with Gasteiger partial charge in [-0.2, -0.15) is 0 Å². The van der Waals surface area contributed by atoms with Crippen molar-refractivity contribution in [1.82, 2.24) is 15.1 Å². The lowest BCUT2D eigenvalue weighted by Gasteiger charge is -2.37. The summed E-state index contributed by atoms with van der Waals surface area (Å²) in [6.07, 6.45) is 4.10. The number of ether oxygens (including phenoxy) is 2. The van der Waals surface area contributed by atoms with Gasteiger partial charge in [0.1, 0.15) is 18.3 Å². The molecule has 4 rings (SSSR count). The second kappa shape index (κ2) is 11.6. The van der Waals surface area contributed by atoms with Gasteiger partial charge in [-0.15, -0.1) is 0 Å². The van der Waals surface area contributed by atoms with Crippen LogP contribution in [0.25, 0.3) is 11.1 Å². The third-order valence-electron chi connectivity index (χ3n) is 7.45. The van der Waals surface area contributed by atoms with Crippen LogP contribution in [0.3, 0.4) is 0 Å². The van der Waals surface area contributed by atoms with Crippen LogP contribution in [0.5, 0.6) is 0 Å². The third kappa shape index (κ3) is 5.92. The number of rotatable bonds is 10. The van der Waals surface area contributed by atoms with E-state index in [0.717, 1.165) is 55.3 Å². The van der Waals surface area contributed by atoms with E-state index >= 15 is 0 Å². The molecule has 1 amide bonds. The van der Waals surface area contributed by atoms with E-state index < -0.39 is 0 Å². The monoisotopic (exact) mass is 483 g/mol. The summed E-state index contributed by atoms with van der Waals surface area (Å²) in [7, 11) is 7.27. The van der Waals surface area contributed by atoms with Crippen molar-refractivity contribution in [2.24, 2.45) is 5.92 Å². The van der Waals surface area contributed by atoms with Gasteiger partial charge >= 0.3 is 0 Å². The van der Waals surface area contributed by atoms with Crippen molar-refractivity contribution < 1.29 is 18.7 Å². The molecule has 0 aromatic heterocycles. The van der Waals surface area contributed by atoms with Crippen molar-refractivity contribution in [2.45, 2.75) is 56.6 Å². The maximum Gasteiger partial charge on any atom is 0.225 e. The second-order valence-electron chi connectivity index (χ2n) is 9.95. The number of nitrogens with one attached hydrogen (secondary N) is 1. The summed E-state index contributed by atoms with van der Waals surface area (Å²) in [5.41, 5.74) is 2.95. The Morgan fingerprint density at radius 2 is 1.80 bits per heavy atom. The largest absolute Gasteiger partial charge is 0.362 e. The number of likely N-dealkylation sites (tertiary alicyclic amines) is 1. The molecule has 1 aliphatic carbocycles. The summed E-state index contributed by atoms with van der Waals surface area (Å²) in [6, 6.07) is 15.0. The first-order valence-corrected chi connectivity index (χ1v) is 12.5. The Morgan fingerprint density at radius 1 is 1.09 bits per heavy atom. The standard InChI is InChI=1S/C28H38FN3O3/c1-31(2)28(35-4)26(34-3)30-24-14-15-32(27(33)20-9-6-10-20)25(24)17-19-8-5-11-21(16-19)22-12-7-13-23(29)18-22/h5,7-8,11-13,16,18,20,24-26,28,30H,6,9-10,14-15,17H2,1-4H3/t24-,25-,26?,28?/m0/s1. The number of nitrogens with zero attached hydrogens (tertiary/aromatic N) is 2. The van der Waals surface area contributed by atoms with Gasteiger partial charge in [0.25, 0.3) is 0 Å². The first-order chi connectivity index (χ1) is 16.9. The van der Waals surface area contributed by atoms with Crippen LogP contribution in [-0.2, 0) is 20.7 Å². The maximum absolute atomic E-state index is 13.8. The van der Waals surface area contributed by atoms with E-state index in [2.05, 4.69) is 22.3 Å². The van der Waals surface area contributed by atoms with Crippen molar-refractivity contribution in [3.8, 4) is 11.1 Å². The molecule has 0 spiro atoms. The van der Waals surface area contributed by atoms with Crippen LogP contribution in [0.15, 0.2) is 48.5 Å². The molecular formula is C28H38FN3O3. The van der Waals surface area contributed by atoms with E-state index in [1.807, 2.05) is 37.2 Å². The normalized spacial score (nSPS) is 22.3. The fraction of sp³-hybridized carbons (Fsp3) is 0.536. The van der Waals surface area contributed by atoms with E-state index in [-0.39, 0.29) is 42.2 Å². The molecule has 0 bridgehead atoms. The summed E-state index contributed by atoms with van der Waals surface area (Å²) >= 11 is 0. The topological polar surface area (TPSA) is 54.0 Å². The van der Waals surface area contributed by atoms with Gasteiger partial charge in [0, 0.05) is 32.7 Å². The highest BCUT2D eigenvalue weighted by atomic mass is 19.1. The number of carbonyl (C=O) groups is 1. The Morgan fingerprint density at radius 3 is 2.40 bits per heavy atom. The van der Waals surface area contributed by atoms with Crippen LogP contribution in [0, 0.1) is 11.7 Å². The van der Waals surface area contributed by atoms with E-state index in [1.54, 1.807) is 26.4 Å². The van der Waals surface area contributed by atoms with Crippen LogP contribution >= 0.6 is 0 Å². The lowest BCUT2D eigenvalue weighted by molar-refractivity contribution is -0.140. The van der Waals surface area contributed by atoms with Crippen molar-refractivity contribution >= 4 is 5.91 Å². The molecule has 0 radical (unpaired) electrons. The van der Waals surface area contributed by atoms with Gasteiger partial charge < -0.3 is 14.4 Å². The van der Waals surface area contributed by atoms with Gasteiger partial charge in [-0.25, -0.2) is 4.39 Å². The molecule has 1 N–H and O–H groups in total. The van der Waals surface area contributed by atoms with Crippen molar-refractivity contribution in [1.29, 1.82) is 0 Å². The molecule has 1 saturated heterocycles. The minimum Gasteiger partial charge on any atom is -0.362 e. The zero-order valence-corrected chi connectivity index (χ0v) is 21.2. The Hall–Kier alpha value is -2.32. The Balaban J connectivity index is 1.58. The summed E-state index contributed by atoms with van der Waals surface area (Å²) < 4.78 is 25.3. The quantitative estimate of drug-likeness (QED) is 0.520. The molecule has 1 heterocycles. The van der Waals surface area contributed by atoms with Gasteiger partial charge in [0.05, 0.1) is 6.04 Å². The number of hydrogen-bond donors (Lipinski definition) is 1. The van der Waals surface area contributed by atoms with E-state index in [9.17, 15) is 9.18 Å². The van der Waals surface area contributed by atoms with Crippen molar-refractivity contribution in [2.75, 3.05) is 34.9 Å². The van der Waals surface area contributed by atoms with Crippen molar-refractivity contribution in [3.05, 3.63) is 59.9 Å². The molecule has 7 heteroatoms. The lowest BCUT2D eigenvalue weighted by atomic mass is 9.84. The summed E-state index contributed by atoms with van der Waals surface area (Å²) in [5.74, 6) is 0.183. The molecule has 2 fully saturated rings. The van der Waals surface area contributed by atoms with Gasteiger partial charge in [0.15, 0.2) is 0 Å². The van der Waals surface area contributed by atoms with Gasteiger partial charge in [-0.3, -0.25) is 15.0 Å². The predicted molar refractivity (Wildman–Crippen MR) is 135 cm³/mol. The lowest BCUT2D eigenvalue weighted by Crippen LogP contribution is -2.56. The summed E-state index contributed by atoms with van der Waals surface area (Å²) in [5, 5.41) is 3.65. The highest BCUT2D eigenvalue weighted by Crippen LogP contribution is 2.33. The second-order valence-corrected chi connectivity index (χ2v) is 9.95. The highest BCUT2D eigenvalue weighted by Gasteiger charge is 2.42. The van der Waals surface area contributed by atoms with Crippen LogP contribution < -0.4 is 5.32 Å². The number of benzene rings is 2. The molecule has 190 valence electrons. The fourth-order valence-corrected chi connectivity index (χ4v) is 5.33. The maximum atomic E-state index is 13.8. The van der Waals surface area contributed by atoms with Crippen LogP contribution in [-0.4, -0.2) is 75.1 Å². The Bertz CT molecular complexity index is 997. The first kappa shape index (κ1) is 25.8. The molecule has 2 aromatic carbocycles. The molecule has 2 aliphatic rings. The van der Waals surface area contributed by atoms with Crippen LogP contribution in [0.2, 0.25) is 0 Å². The van der Waals surface area contributed by atoms with Crippen LogP contribution in [0.1, 0.15) is 31.2 Å². The smallest absolute Gasteiger partial charge is 0.225 e. The van der Waals surface area contributed by atoms with Gasteiger partial charge in [-0.1, -0.05) is 42.8 Å². The van der Waals surface area contributed by atoms with E-state index in [4.69, 9.17) is 9.47 Å². The number of halogens is 1. The summed E-state index contributed by atoms with van der Waals surface area (Å²) in [4.78, 5) is 17.4. The Labute approximate surface area is 208 Å². The van der Waals surface area contributed by atoms with Crippen molar-refractivity contribution in [3.63, 3.8) is 0 Å². The zero-order chi connectivity index (χ0) is 24.9. The molecule has 6 nitrogen and oxygen atoms in total. The van der Waals surface area contributed by atoms with Crippen LogP contribution in [0.4, 0.5) is 4.39 Å². The first-order valence-electron chi connectivity index (χ1n) is 12.5. The average Bonchev–Trinajstić information content (AvgIpc) is 3.19. The van der Waals surface area contributed by atoms with Gasteiger partial charge in [-0.05, 0) is 68.6 Å². The fourth-order valence-electron chi connectivity index (χ4n) is 5.33. The number of amides is 1. The minimum atomic E-state index is -0.333. The molecule has 4 atom stereocenters. The average molecular weight is 484 g/mol. The molecule has 1 aliphatic heterocycles. The Kier molecular flexibility index (Phi) is 8.55. The molecule has 1 saturated carbocycles. The predicted octanol–water partition coefficient (Wildman–Crippen LogP) is 3.90. The zero-order valence-electron chi connectivity index (χ0n) is 21.2. The third-order valence-corrected chi connectivity index (χ3v) is 7.45. The SMILES string of the molecule is COC(N[C@H]1CCN(C(=O)C2CCC2)[C@H]1Cc1cccc(-c2cccc(F)c2)c1)C(OC)N(C)C. The number of hydrogen-bond acceptors (Lipinski definition) is 5. The molecule has 2 aromatic rings. The highest BCUT2D eigenvalue weighted by molar-refractivity contribution is 5.80. The number of likely N-dealkylation sites (N-methyl/N-ethyl adjacent to an activating group) is 1. The number of methoxy groups -OCH3 is 2. The van der Waals surface area contributed by atoms with E-state index in [1.165, 1.54) is 6.07 Å². The minimum absolute atomic E-state index is 0.00294. The van der Waals surface area contributed by atoms with Gasteiger partial charge in [0.2, 0.25) is 5.91 Å². The van der Waals surface area contributed by atoms with E-state index in [0.29, 0.717) is 0 Å². The molecular weight excluding hydrogens is 445 g/mol. The summed E-state index contributed by atoms with van der Waals surface area (Å²) in [6.45, 7) is 0.733. The molecule has 35 heavy (non-hydrogen) atoms.